The maximum atomic E-state index is 11.6. The molecule has 2 rings (SSSR count). The number of benzene rings is 1. The zero-order valence-electron chi connectivity index (χ0n) is 10.9. The van der Waals surface area contributed by atoms with E-state index in [0.29, 0.717) is 0 Å². The molecule has 0 unspecified atom stereocenters. The number of nitrogens with zero attached hydrogens (tertiary/aromatic N) is 3. The lowest BCUT2D eigenvalue weighted by atomic mass is 10.2. The molecule has 0 aliphatic carbocycles. The van der Waals surface area contributed by atoms with Crippen LogP contribution in [0.2, 0.25) is 0 Å². The molecule has 0 saturated heterocycles. The molecular formula is C11H12N6O4. The smallest absolute Gasteiger partial charge is 0.328 e. The predicted molar refractivity (Wildman–Crippen MR) is 69.8 cm³/mol. The van der Waals surface area contributed by atoms with Crippen molar-refractivity contribution in [2.45, 2.75) is 0 Å². The molecule has 10 heteroatoms. The number of carboxylic acids is 1. The molecule has 0 aliphatic heterocycles. The van der Waals surface area contributed by atoms with Crippen molar-refractivity contribution in [2.75, 3.05) is 10.7 Å². The van der Waals surface area contributed by atoms with Gasteiger partial charge in [-0.1, -0.05) is 12.1 Å². The van der Waals surface area contributed by atoms with E-state index in [1.54, 1.807) is 0 Å². The second-order valence-corrected chi connectivity index (χ2v) is 3.63. The van der Waals surface area contributed by atoms with E-state index in [-0.39, 0.29) is 17.4 Å². The first-order valence-corrected chi connectivity index (χ1v) is 5.34. The van der Waals surface area contributed by atoms with Crippen LogP contribution in [0.1, 0.15) is 10.4 Å². The Hall–Kier alpha value is -3.27. The van der Waals surface area contributed by atoms with Gasteiger partial charge in [-0.05, 0) is 17.7 Å². The Morgan fingerprint density at radius 1 is 1.00 bits per heavy atom. The summed E-state index contributed by atoms with van der Waals surface area (Å²) in [5, 5.41) is 19.7. The molecule has 10 nitrogen and oxygen atoms in total. The van der Waals surface area contributed by atoms with Gasteiger partial charge in [-0.2, -0.15) is 0 Å². The molecule has 0 atom stereocenters. The zero-order valence-corrected chi connectivity index (χ0v) is 10.9. The number of hydrogen-bond donors (Lipinski definition) is 3. The topological polar surface area (TPSA) is 166 Å². The van der Waals surface area contributed by atoms with E-state index in [9.17, 15) is 19.5 Å². The average molecular weight is 292 g/mol. The summed E-state index contributed by atoms with van der Waals surface area (Å²) in [4.78, 5) is 33.6. The summed E-state index contributed by atoms with van der Waals surface area (Å²) in [5.74, 6) is -3.16. The van der Waals surface area contributed by atoms with Crippen molar-refractivity contribution in [3.8, 4) is 0 Å². The lowest BCUT2D eigenvalue weighted by Crippen LogP contribution is -2.33. The lowest BCUT2D eigenvalue weighted by molar-refractivity contribution is -0.255. The van der Waals surface area contributed by atoms with Crippen molar-refractivity contribution in [1.82, 2.24) is 21.0 Å². The average Bonchev–Trinajstić information content (AvgIpc) is 2.92. The Balaban J connectivity index is 0.00000220. The molecule has 1 aromatic heterocycles. The summed E-state index contributed by atoms with van der Waals surface area (Å²) in [7, 11) is 0. The Morgan fingerprint density at radius 2 is 1.57 bits per heavy atom. The minimum atomic E-state index is -1.33. The first-order chi connectivity index (χ1) is 9.56. The van der Waals surface area contributed by atoms with Crippen LogP contribution in [0.5, 0.6) is 0 Å². The molecule has 1 aromatic carbocycles. The van der Waals surface area contributed by atoms with Crippen molar-refractivity contribution < 1.29 is 19.5 Å². The first-order valence-electron chi connectivity index (χ1n) is 5.34. The van der Waals surface area contributed by atoms with Crippen LogP contribution in [0.4, 0.5) is 5.69 Å². The highest BCUT2D eigenvalue weighted by molar-refractivity contribution is 6.42. The van der Waals surface area contributed by atoms with Gasteiger partial charge in [0, 0.05) is 5.69 Å². The molecule has 21 heavy (non-hydrogen) atoms. The van der Waals surface area contributed by atoms with E-state index in [0.717, 1.165) is 4.68 Å². The monoisotopic (exact) mass is 292 g/mol. The van der Waals surface area contributed by atoms with E-state index >= 15 is 0 Å². The van der Waals surface area contributed by atoms with Crippen LogP contribution in [-0.4, -0.2) is 32.7 Å². The number of carboxylic acid groups (broad SMARTS) is 1. The molecule has 2 aromatic rings. The highest BCUT2D eigenvalue weighted by atomic mass is 16.4. The van der Waals surface area contributed by atoms with Gasteiger partial charge in [-0.15, -0.1) is 10.2 Å². The summed E-state index contributed by atoms with van der Waals surface area (Å²) in [5.41, 5.74) is 2.45. The van der Waals surface area contributed by atoms with E-state index in [4.69, 9.17) is 0 Å². The van der Waals surface area contributed by atoms with Crippen molar-refractivity contribution in [3.63, 3.8) is 0 Å². The minimum absolute atomic E-state index is 0. The number of quaternary nitrogens is 1. The van der Waals surface area contributed by atoms with Crippen molar-refractivity contribution in [1.29, 1.82) is 0 Å². The fourth-order valence-electron chi connectivity index (χ4n) is 1.30. The van der Waals surface area contributed by atoms with Crippen LogP contribution >= 0.6 is 0 Å². The quantitative estimate of drug-likeness (QED) is 0.596. The Labute approximate surface area is 118 Å². The van der Waals surface area contributed by atoms with Gasteiger partial charge < -0.3 is 21.4 Å². The normalized spacial score (nSPS) is 9.33. The number of aromatic carboxylic acids is 1. The number of anilines is 1. The van der Waals surface area contributed by atoms with Gasteiger partial charge in [0.2, 0.25) is 0 Å². The summed E-state index contributed by atoms with van der Waals surface area (Å²) in [6, 6.07) is 5.19. The number of carbonyl (C=O) groups is 3. The second kappa shape index (κ2) is 6.77. The summed E-state index contributed by atoms with van der Waals surface area (Å²) in [6.45, 7) is 0. The van der Waals surface area contributed by atoms with E-state index in [2.05, 4.69) is 20.9 Å². The van der Waals surface area contributed by atoms with Crippen LogP contribution in [0.25, 0.3) is 0 Å². The maximum absolute atomic E-state index is 11.6. The number of rotatable bonds is 3. The molecule has 0 fully saturated rings. The summed E-state index contributed by atoms with van der Waals surface area (Å²) in [6.07, 6.45) is 2.42. The first kappa shape index (κ1) is 15.8. The van der Waals surface area contributed by atoms with Gasteiger partial charge in [-0.25, -0.2) is 4.68 Å². The molecule has 110 valence electrons. The van der Waals surface area contributed by atoms with Crippen molar-refractivity contribution >= 4 is 23.5 Å². The molecule has 2 amide bonds. The Kier molecular flexibility index (Phi) is 5.09. The van der Waals surface area contributed by atoms with Crippen LogP contribution in [0.3, 0.4) is 0 Å². The Morgan fingerprint density at radius 3 is 2.10 bits per heavy atom. The number of amides is 2. The van der Waals surface area contributed by atoms with Gasteiger partial charge in [0.15, 0.2) is 0 Å². The summed E-state index contributed by atoms with van der Waals surface area (Å²) >= 11 is 0. The molecule has 0 spiro atoms. The highest BCUT2D eigenvalue weighted by Gasteiger charge is 2.13. The van der Waals surface area contributed by atoms with Crippen LogP contribution in [-0.2, 0) is 9.59 Å². The van der Waals surface area contributed by atoms with E-state index < -0.39 is 17.8 Å². The molecule has 6 N–H and O–H groups in total. The third kappa shape index (κ3) is 4.11. The van der Waals surface area contributed by atoms with Gasteiger partial charge in [0.1, 0.15) is 12.7 Å². The van der Waals surface area contributed by atoms with Crippen molar-refractivity contribution in [3.05, 3.63) is 42.5 Å². The largest absolute Gasteiger partial charge is 0.545 e. The minimum Gasteiger partial charge on any atom is -0.545 e. The lowest BCUT2D eigenvalue weighted by Gasteiger charge is -2.07. The standard InChI is InChI=1S/C11H9N5O4.H3N/c17-9(10(18)15-16-5-12-13-6-16)14-8-3-1-7(2-4-8)11(19)20;/h1-6H,(H,14,17)(H,15,18)(H,19,20);1H3. The number of aromatic nitrogens is 3. The van der Waals surface area contributed by atoms with Gasteiger partial charge in [-0.3, -0.25) is 15.0 Å². The van der Waals surface area contributed by atoms with Crippen LogP contribution in [0, 0.1) is 0 Å². The maximum Gasteiger partial charge on any atom is 0.328 e. The number of hydrogen-bond acceptors (Lipinski definition) is 6. The van der Waals surface area contributed by atoms with E-state index in [1.807, 2.05) is 0 Å². The van der Waals surface area contributed by atoms with Crippen molar-refractivity contribution in [2.24, 2.45) is 0 Å². The van der Waals surface area contributed by atoms with E-state index in [1.165, 1.54) is 36.9 Å². The third-order valence-electron chi connectivity index (χ3n) is 2.23. The van der Waals surface area contributed by atoms with Gasteiger partial charge in [0.05, 0.1) is 5.97 Å². The molecule has 0 aliphatic rings. The SMILES string of the molecule is O=C(Nc1ccc(C(=O)[O-])cc1)C(=O)Nn1cnnc1.[NH4+]. The molecule has 0 saturated carbocycles. The fourth-order valence-corrected chi connectivity index (χ4v) is 1.30. The number of carbonyl (C=O) groups excluding carboxylic acids is 3. The molecule has 0 radical (unpaired) electrons. The highest BCUT2D eigenvalue weighted by Crippen LogP contribution is 2.08. The second-order valence-electron chi connectivity index (χ2n) is 3.63. The van der Waals surface area contributed by atoms with Gasteiger partial charge in [0.25, 0.3) is 0 Å². The van der Waals surface area contributed by atoms with Crippen LogP contribution < -0.4 is 22.0 Å². The third-order valence-corrected chi connectivity index (χ3v) is 2.23. The molecular weight excluding hydrogens is 280 g/mol. The fraction of sp³-hybridized carbons (Fsp3) is 0. The molecule has 0 bridgehead atoms. The summed E-state index contributed by atoms with van der Waals surface area (Å²) < 4.78 is 1.11. The van der Waals surface area contributed by atoms with Gasteiger partial charge >= 0.3 is 11.8 Å². The Bertz CT molecular complexity index is 637. The predicted octanol–water partition coefficient (Wildman–Crippen LogP) is -1.27. The molecule has 1 heterocycles. The van der Waals surface area contributed by atoms with Crippen LogP contribution in [0.15, 0.2) is 36.9 Å². The zero-order chi connectivity index (χ0) is 14.5. The number of nitrogens with one attached hydrogen (secondary N) is 2.